The van der Waals surface area contributed by atoms with Crippen molar-refractivity contribution in [3.63, 3.8) is 0 Å². The van der Waals surface area contributed by atoms with Crippen LogP contribution in [-0.2, 0) is 6.42 Å². The molecule has 8 heteroatoms. The molecule has 0 saturated heterocycles. The second-order valence-corrected chi connectivity index (χ2v) is 11.2. The number of amides is 4. The average molecular weight is 573 g/mol. The lowest BCUT2D eigenvalue weighted by Crippen LogP contribution is -2.49. The number of urea groups is 2. The normalized spacial score (nSPS) is 11.4. The molecule has 1 atom stereocenters. The Balaban J connectivity index is 1.74. The molecule has 4 amide bonds. The second-order valence-electron chi connectivity index (χ2n) is 11.2. The number of anilines is 4. The lowest BCUT2D eigenvalue weighted by Gasteiger charge is -2.29. The van der Waals surface area contributed by atoms with Crippen LogP contribution in [0.4, 0.5) is 32.3 Å². The van der Waals surface area contributed by atoms with Crippen LogP contribution in [0.1, 0.15) is 44.6 Å². The van der Waals surface area contributed by atoms with Gasteiger partial charge >= 0.3 is 12.1 Å². The van der Waals surface area contributed by atoms with Crippen LogP contribution in [0.25, 0.3) is 0 Å². The van der Waals surface area contributed by atoms with Crippen molar-refractivity contribution in [2.24, 2.45) is 0 Å². The first-order chi connectivity index (χ1) is 20.2. The van der Waals surface area contributed by atoms with Crippen molar-refractivity contribution >= 4 is 34.8 Å². The van der Waals surface area contributed by atoms with Gasteiger partial charge in [0.05, 0.1) is 6.04 Å². The molecule has 0 aliphatic heterocycles. The summed E-state index contributed by atoms with van der Waals surface area (Å²) in [6, 6.07) is 24.8. The van der Waals surface area contributed by atoms with Crippen molar-refractivity contribution in [3.05, 3.63) is 84.4 Å². The number of carbonyl (C=O) groups excluding carboxylic acids is 2. The van der Waals surface area contributed by atoms with Crippen LogP contribution in [0.5, 0.6) is 0 Å². The van der Waals surface area contributed by atoms with Crippen molar-refractivity contribution in [2.45, 2.75) is 51.5 Å². The van der Waals surface area contributed by atoms with Crippen LogP contribution < -0.4 is 25.8 Å². The van der Waals surface area contributed by atoms with Crippen molar-refractivity contribution < 1.29 is 9.59 Å². The highest BCUT2D eigenvalue weighted by Gasteiger charge is 2.21. The van der Waals surface area contributed by atoms with Crippen LogP contribution in [-0.4, -0.2) is 64.3 Å². The zero-order valence-electron chi connectivity index (χ0n) is 25.9. The fourth-order valence-corrected chi connectivity index (χ4v) is 4.75. The molecule has 42 heavy (non-hydrogen) atoms. The highest BCUT2D eigenvalue weighted by molar-refractivity contribution is 5.91. The Bertz CT molecular complexity index is 1210. The van der Waals surface area contributed by atoms with Gasteiger partial charge < -0.3 is 30.7 Å². The monoisotopic (exact) mass is 572 g/mol. The highest BCUT2D eigenvalue weighted by Crippen LogP contribution is 2.18. The molecule has 8 nitrogen and oxygen atoms in total. The standard InChI is InChI=1S/C34H48N6O2/c1-6-7-8-9-13-24-40(34(42)37-29-18-22-32(23-19-29)39(4)5)26-30(25-27-14-11-10-12-15-27)36-33(41)35-28-16-20-31(21-17-28)38(2)3/h10-12,14-23,30H,6-9,13,24-26H2,1-5H3,(H,37,42)(H2,35,36,41). The van der Waals surface area contributed by atoms with Crippen molar-refractivity contribution in [2.75, 3.05) is 61.7 Å². The number of nitrogens with zero attached hydrogens (tertiary/aromatic N) is 3. The molecule has 0 bridgehead atoms. The van der Waals surface area contributed by atoms with Crippen LogP contribution in [0.3, 0.4) is 0 Å². The third kappa shape index (κ3) is 11.0. The molecular formula is C34H48N6O2. The van der Waals surface area contributed by atoms with Gasteiger partial charge in [0.2, 0.25) is 0 Å². The molecule has 226 valence electrons. The molecular weight excluding hydrogens is 524 g/mol. The van der Waals surface area contributed by atoms with Crippen molar-refractivity contribution in [1.29, 1.82) is 0 Å². The van der Waals surface area contributed by atoms with E-state index < -0.39 is 0 Å². The minimum atomic E-state index is -0.295. The third-order valence-electron chi connectivity index (χ3n) is 7.20. The number of benzene rings is 3. The molecule has 3 N–H and O–H groups in total. The summed E-state index contributed by atoms with van der Waals surface area (Å²) in [5.74, 6) is 0. The Kier molecular flexibility index (Phi) is 13.0. The molecule has 3 aromatic carbocycles. The van der Waals surface area contributed by atoms with Crippen molar-refractivity contribution in [1.82, 2.24) is 10.2 Å². The summed E-state index contributed by atoms with van der Waals surface area (Å²) in [6.07, 6.45) is 6.09. The zero-order valence-corrected chi connectivity index (χ0v) is 25.9. The van der Waals surface area contributed by atoms with Gasteiger partial charge in [0.15, 0.2) is 0 Å². The number of hydrogen-bond acceptors (Lipinski definition) is 4. The first-order valence-electron chi connectivity index (χ1n) is 15.0. The molecule has 0 aliphatic rings. The van der Waals surface area contributed by atoms with E-state index in [2.05, 4.69) is 22.9 Å². The van der Waals surface area contributed by atoms with E-state index in [-0.39, 0.29) is 18.1 Å². The molecule has 0 fully saturated rings. The van der Waals surface area contributed by atoms with E-state index in [0.717, 1.165) is 41.9 Å². The summed E-state index contributed by atoms with van der Waals surface area (Å²) in [7, 11) is 7.94. The average Bonchev–Trinajstić information content (AvgIpc) is 2.97. The van der Waals surface area contributed by atoms with Crippen LogP contribution in [0, 0.1) is 0 Å². The molecule has 3 aromatic rings. The third-order valence-corrected chi connectivity index (χ3v) is 7.20. The van der Waals surface area contributed by atoms with Gasteiger partial charge in [0.25, 0.3) is 0 Å². The Hall–Kier alpha value is -4.20. The minimum Gasteiger partial charge on any atom is -0.378 e. The summed E-state index contributed by atoms with van der Waals surface area (Å²) in [5, 5.41) is 9.17. The molecule has 1 unspecified atom stereocenters. The maximum Gasteiger partial charge on any atom is 0.321 e. The largest absolute Gasteiger partial charge is 0.378 e. The van der Waals surface area contributed by atoms with Gasteiger partial charge in [-0.05, 0) is 66.9 Å². The summed E-state index contributed by atoms with van der Waals surface area (Å²) < 4.78 is 0. The predicted octanol–water partition coefficient (Wildman–Crippen LogP) is 7.06. The molecule has 0 aromatic heterocycles. The Morgan fingerprint density at radius 1 is 0.690 bits per heavy atom. The molecule has 0 radical (unpaired) electrons. The Labute approximate surface area is 252 Å². The number of rotatable bonds is 15. The van der Waals surface area contributed by atoms with Crippen LogP contribution >= 0.6 is 0 Å². The fourth-order valence-electron chi connectivity index (χ4n) is 4.75. The van der Waals surface area contributed by atoms with Gasteiger partial charge in [-0.1, -0.05) is 62.9 Å². The van der Waals surface area contributed by atoms with Gasteiger partial charge in [-0.3, -0.25) is 0 Å². The summed E-state index contributed by atoms with van der Waals surface area (Å²) in [5.41, 5.74) is 4.67. The Morgan fingerprint density at radius 3 is 1.79 bits per heavy atom. The number of carbonyl (C=O) groups is 2. The minimum absolute atomic E-state index is 0.164. The fraction of sp³-hybridized carbons (Fsp3) is 0.412. The van der Waals surface area contributed by atoms with E-state index in [9.17, 15) is 9.59 Å². The highest BCUT2D eigenvalue weighted by atomic mass is 16.2. The smallest absolute Gasteiger partial charge is 0.321 e. The molecule has 3 rings (SSSR count). The van der Waals surface area contributed by atoms with Gasteiger partial charge in [-0.15, -0.1) is 0 Å². The van der Waals surface area contributed by atoms with Gasteiger partial charge in [-0.2, -0.15) is 0 Å². The molecule has 0 spiro atoms. The van der Waals surface area contributed by atoms with E-state index in [1.54, 1.807) is 0 Å². The van der Waals surface area contributed by atoms with Gasteiger partial charge in [-0.25, -0.2) is 9.59 Å². The van der Waals surface area contributed by atoms with Crippen LogP contribution in [0.15, 0.2) is 78.9 Å². The quantitative estimate of drug-likeness (QED) is 0.170. The topological polar surface area (TPSA) is 80.0 Å². The van der Waals surface area contributed by atoms with Crippen molar-refractivity contribution in [3.8, 4) is 0 Å². The molecule has 0 saturated carbocycles. The maximum atomic E-state index is 13.6. The number of hydrogen-bond donors (Lipinski definition) is 3. The summed E-state index contributed by atoms with van der Waals surface area (Å²) >= 11 is 0. The van der Waals surface area contributed by atoms with E-state index in [1.165, 1.54) is 12.8 Å². The summed E-state index contributed by atoms with van der Waals surface area (Å²) in [4.78, 5) is 32.6. The van der Waals surface area contributed by atoms with E-state index in [4.69, 9.17) is 0 Å². The van der Waals surface area contributed by atoms with E-state index in [0.29, 0.717) is 25.2 Å². The SMILES string of the molecule is CCCCCCCN(CC(Cc1ccccc1)NC(=O)Nc1ccc(N(C)C)cc1)C(=O)Nc1ccc(N(C)C)cc1. The first kappa shape index (κ1) is 32.3. The molecule has 0 aliphatic carbocycles. The maximum absolute atomic E-state index is 13.6. The van der Waals surface area contributed by atoms with Gasteiger partial charge in [0, 0.05) is 64.0 Å². The van der Waals surface area contributed by atoms with Gasteiger partial charge in [0.1, 0.15) is 0 Å². The number of unbranched alkanes of at least 4 members (excludes halogenated alkanes) is 4. The first-order valence-corrected chi connectivity index (χ1v) is 15.0. The molecule has 0 heterocycles. The zero-order chi connectivity index (χ0) is 30.3. The summed E-state index contributed by atoms with van der Waals surface area (Å²) in [6.45, 7) is 3.20. The lowest BCUT2D eigenvalue weighted by molar-refractivity contribution is 0.201. The second kappa shape index (κ2) is 16.9. The van der Waals surface area contributed by atoms with E-state index >= 15 is 0 Å². The number of nitrogens with one attached hydrogen (secondary N) is 3. The van der Waals surface area contributed by atoms with Crippen LogP contribution in [0.2, 0.25) is 0 Å². The Morgan fingerprint density at radius 2 is 1.24 bits per heavy atom. The van der Waals surface area contributed by atoms with E-state index in [1.807, 2.05) is 122 Å². The predicted molar refractivity (Wildman–Crippen MR) is 177 cm³/mol. The lowest BCUT2D eigenvalue weighted by atomic mass is 10.1.